The summed E-state index contributed by atoms with van der Waals surface area (Å²) in [6, 6.07) is 8.87. The summed E-state index contributed by atoms with van der Waals surface area (Å²) in [5.41, 5.74) is -0.0195. The highest BCUT2D eigenvalue weighted by Gasteiger charge is 2.56. The molecule has 0 aliphatic carbocycles. The van der Waals surface area contributed by atoms with Gasteiger partial charge in [0.25, 0.3) is 0 Å². The second kappa shape index (κ2) is 9.49. The molecule has 30 heavy (non-hydrogen) atoms. The van der Waals surface area contributed by atoms with Gasteiger partial charge in [-0.3, -0.25) is 9.69 Å². The number of hydrogen-bond acceptors (Lipinski definition) is 5. The second-order valence-corrected chi connectivity index (χ2v) is 8.60. The highest BCUT2D eigenvalue weighted by atomic mass is 16.6. The number of rotatable bonds is 6. The average Bonchev–Trinajstić information content (AvgIpc) is 3.06. The first-order valence-corrected chi connectivity index (χ1v) is 10.8. The maximum absolute atomic E-state index is 13.6. The number of likely N-dealkylation sites (tertiary alicyclic amines) is 2. The zero-order valence-corrected chi connectivity index (χ0v) is 18.1. The standard InChI is InChI=1S/C23H32N2O5/c1-17(2)15-19(20(26)29-3)24-14-12-23(21(24)27)11-7-8-13-25(23)22(28)30-16-18-9-5-4-6-10-18/h4-6,9-10,17,19H,7-8,11-16H2,1-3H3/t19-,23-/m0/s1. The maximum atomic E-state index is 13.6. The Balaban J connectivity index is 1.77. The SMILES string of the molecule is COC(=O)[C@H](CC(C)C)N1CC[C@@]2(CCCCN2C(=O)OCc2ccccc2)C1=O. The van der Waals surface area contributed by atoms with Gasteiger partial charge in [-0.15, -0.1) is 0 Å². The molecule has 0 unspecified atom stereocenters. The number of carbonyl (C=O) groups is 3. The predicted molar refractivity (Wildman–Crippen MR) is 112 cm³/mol. The van der Waals surface area contributed by atoms with Gasteiger partial charge in [-0.05, 0) is 43.6 Å². The lowest BCUT2D eigenvalue weighted by Gasteiger charge is -2.42. The summed E-state index contributed by atoms with van der Waals surface area (Å²) in [7, 11) is 1.35. The van der Waals surface area contributed by atoms with Crippen LogP contribution in [0.2, 0.25) is 0 Å². The zero-order valence-electron chi connectivity index (χ0n) is 18.1. The Labute approximate surface area is 178 Å². The molecule has 0 saturated carbocycles. The number of piperidine rings is 1. The Morgan fingerprint density at radius 1 is 1.10 bits per heavy atom. The van der Waals surface area contributed by atoms with E-state index in [0.29, 0.717) is 32.4 Å². The van der Waals surface area contributed by atoms with Crippen molar-refractivity contribution < 1.29 is 23.9 Å². The summed E-state index contributed by atoms with van der Waals surface area (Å²) in [5, 5.41) is 0. The number of benzene rings is 1. The van der Waals surface area contributed by atoms with Crippen molar-refractivity contribution in [3.63, 3.8) is 0 Å². The molecule has 2 aliphatic rings. The minimum absolute atomic E-state index is 0.157. The average molecular weight is 417 g/mol. The Hall–Kier alpha value is -2.57. The number of amides is 2. The fourth-order valence-corrected chi connectivity index (χ4v) is 4.59. The third kappa shape index (κ3) is 4.45. The van der Waals surface area contributed by atoms with E-state index in [1.807, 2.05) is 44.2 Å². The lowest BCUT2D eigenvalue weighted by Crippen LogP contribution is -2.60. The lowest BCUT2D eigenvalue weighted by atomic mass is 9.85. The van der Waals surface area contributed by atoms with E-state index >= 15 is 0 Å². The van der Waals surface area contributed by atoms with E-state index in [0.717, 1.165) is 18.4 Å². The van der Waals surface area contributed by atoms with Crippen molar-refractivity contribution in [3.05, 3.63) is 35.9 Å². The minimum Gasteiger partial charge on any atom is -0.467 e. The van der Waals surface area contributed by atoms with Crippen molar-refractivity contribution in [3.8, 4) is 0 Å². The summed E-state index contributed by atoms with van der Waals surface area (Å²) in [4.78, 5) is 42.2. The zero-order chi connectivity index (χ0) is 21.7. The summed E-state index contributed by atoms with van der Waals surface area (Å²) in [6.45, 7) is 5.12. The van der Waals surface area contributed by atoms with Crippen LogP contribution in [-0.2, 0) is 25.7 Å². The molecule has 2 amide bonds. The molecule has 0 bridgehead atoms. The molecule has 2 aliphatic heterocycles. The molecule has 7 heteroatoms. The first kappa shape index (κ1) is 22.1. The normalized spacial score (nSPS) is 22.5. The molecule has 0 N–H and O–H groups in total. The van der Waals surface area contributed by atoms with Gasteiger partial charge in [-0.25, -0.2) is 9.59 Å². The molecule has 2 heterocycles. The minimum atomic E-state index is -0.921. The highest BCUT2D eigenvalue weighted by molar-refractivity contribution is 5.95. The molecule has 0 aromatic heterocycles. The van der Waals surface area contributed by atoms with E-state index < -0.39 is 23.6 Å². The largest absolute Gasteiger partial charge is 0.467 e. The van der Waals surface area contributed by atoms with Gasteiger partial charge in [-0.2, -0.15) is 0 Å². The molecule has 0 radical (unpaired) electrons. The van der Waals surface area contributed by atoms with Crippen molar-refractivity contribution in [2.75, 3.05) is 20.2 Å². The van der Waals surface area contributed by atoms with E-state index in [-0.39, 0.29) is 18.4 Å². The Kier molecular flexibility index (Phi) is 7.00. The first-order chi connectivity index (χ1) is 14.4. The van der Waals surface area contributed by atoms with Crippen molar-refractivity contribution in [1.82, 2.24) is 9.80 Å². The maximum Gasteiger partial charge on any atom is 0.411 e. The molecular formula is C23H32N2O5. The van der Waals surface area contributed by atoms with Gasteiger partial charge in [0, 0.05) is 13.1 Å². The van der Waals surface area contributed by atoms with Crippen LogP contribution in [0.15, 0.2) is 30.3 Å². The number of esters is 1. The molecule has 2 fully saturated rings. The van der Waals surface area contributed by atoms with Gasteiger partial charge in [0.05, 0.1) is 7.11 Å². The topological polar surface area (TPSA) is 76.2 Å². The molecule has 1 aromatic rings. The summed E-state index contributed by atoms with van der Waals surface area (Å²) < 4.78 is 10.5. The smallest absolute Gasteiger partial charge is 0.411 e. The predicted octanol–water partition coefficient (Wildman–Crippen LogP) is 3.37. The summed E-state index contributed by atoms with van der Waals surface area (Å²) >= 11 is 0. The van der Waals surface area contributed by atoms with Crippen LogP contribution in [-0.4, -0.2) is 59.5 Å². The molecule has 1 spiro atoms. The summed E-state index contributed by atoms with van der Waals surface area (Å²) in [6.07, 6.45) is 2.88. The molecule has 164 valence electrons. The van der Waals surface area contributed by atoms with Crippen LogP contribution in [0.4, 0.5) is 4.79 Å². The van der Waals surface area contributed by atoms with Gasteiger partial charge in [0.1, 0.15) is 18.2 Å². The van der Waals surface area contributed by atoms with Crippen LogP contribution < -0.4 is 0 Å². The number of ether oxygens (including phenoxy) is 2. The fourth-order valence-electron chi connectivity index (χ4n) is 4.59. The Morgan fingerprint density at radius 3 is 2.50 bits per heavy atom. The Morgan fingerprint density at radius 2 is 1.83 bits per heavy atom. The van der Waals surface area contributed by atoms with Gasteiger partial charge < -0.3 is 14.4 Å². The quantitative estimate of drug-likeness (QED) is 0.665. The van der Waals surface area contributed by atoms with E-state index in [9.17, 15) is 14.4 Å². The summed E-state index contributed by atoms with van der Waals surface area (Å²) in [5.74, 6) is -0.324. The fraction of sp³-hybridized carbons (Fsp3) is 0.609. The lowest BCUT2D eigenvalue weighted by molar-refractivity contribution is -0.155. The van der Waals surface area contributed by atoms with Gasteiger partial charge in [0.2, 0.25) is 5.91 Å². The number of methoxy groups -OCH3 is 1. The van der Waals surface area contributed by atoms with Crippen LogP contribution in [0.3, 0.4) is 0 Å². The first-order valence-electron chi connectivity index (χ1n) is 10.8. The van der Waals surface area contributed by atoms with Crippen molar-refractivity contribution in [1.29, 1.82) is 0 Å². The van der Waals surface area contributed by atoms with Crippen LogP contribution in [0.5, 0.6) is 0 Å². The van der Waals surface area contributed by atoms with Gasteiger partial charge in [0.15, 0.2) is 0 Å². The van der Waals surface area contributed by atoms with E-state index in [2.05, 4.69) is 0 Å². The van der Waals surface area contributed by atoms with Crippen LogP contribution in [0.1, 0.15) is 51.5 Å². The second-order valence-electron chi connectivity index (χ2n) is 8.60. The molecule has 2 saturated heterocycles. The third-order valence-electron chi connectivity index (χ3n) is 6.13. The van der Waals surface area contributed by atoms with Gasteiger partial charge in [-0.1, -0.05) is 44.2 Å². The van der Waals surface area contributed by atoms with Crippen molar-refractivity contribution >= 4 is 18.0 Å². The number of hydrogen-bond donors (Lipinski definition) is 0. The van der Waals surface area contributed by atoms with E-state index in [1.54, 1.807) is 9.80 Å². The molecule has 7 nitrogen and oxygen atoms in total. The van der Waals surface area contributed by atoms with Crippen molar-refractivity contribution in [2.24, 2.45) is 5.92 Å². The van der Waals surface area contributed by atoms with Crippen LogP contribution >= 0.6 is 0 Å². The monoisotopic (exact) mass is 416 g/mol. The van der Waals surface area contributed by atoms with Crippen LogP contribution in [0, 0.1) is 5.92 Å². The molecule has 1 aromatic carbocycles. The molecule has 2 atom stereocenters. The number of nitrogens with zero attached hydrogens (tertiary/aromatic N) is 2. The third-order valence-corrected chi connectivity index (χ3v) is 6.13. The Bertz CT molecular complexity index is 766. The highest BCUT2D eigenvalue weighted by Crippen LogP contribution is 2.39. The van der Waals surface area contributed by atoms with E-state index in [4.69, 9.17) is 9.47 Å². The van der Waals surface area contributed by atoms with Gasteiger partial charge >= 0.3 is 12.1 Å². The van der Waals surface area contributed by atoms with Crippen LogP contribution in [0.25, 0.3) is 0 Å². The van der Waals surface area contributed by atoms with Crippen molar-refractivity contribution in [2.45, 2.75) is 64.1 Å². The van der Waals surface area contributed by atoms with E-state index in [1.165, 1.54) is 7.11 Å². The molecular weight excluding hydrogens is 384 g/mol. The molecule has 3 rings (SSSR count). The number of carbonyl (C=O) groups excluding carboxylic acids is 3.